The zero-order valence-electron chi connectivity index (χ0n) is 10.7. The lowest BCUT2D eigenvalue weighted by atomic mass is 9.99. The van der Waals surface area contributed by atoms with Gasteiger partial charge in [0.25, 0.3) is 0 Å². The first kappa shape index (κ1) is 13.9. The minimum absolute atomic E-state index is 0.152. The molecule has 0 unspecified atom stereocenters. The van der Waals surface area contributed by atoms with E-state index in [0.29, 0.717) is 26.1 Å². The standard InChI is InChI=1S/C13H18N2O3S/c16-12(17)11-2-1-6-15(8-11)13(18)14-5-3-10-4-7-19-9-10/h4,7,9,11H,1-3,5-6,8H2,(H,14,18)(H,16,17)/t11-/m1/s1. The monoisotopic (exact) mass is 282 g/mol. The van der Waals surface area contributed by atoms with Gasteiger partial charge in [-0.2, -0.15) is 11.3 Å². The van der Waals surface area contributed by atoms with Crippen LogP contribution in [0.1, 0.15) is 18.4 Å². The summed E-state index contributed by atoms with van der Waals surface area (Å²) in [6.45, 7) is 1.55. The highest BCUT2D eigenvalue weighted by atomic mass is 32.1. The number of amides is 2. The van der Waals surface area contributed by atoms with Crippen LogP contribution < -0.4 is 5.32 Å². The highest BCUT2D eigenvalue weighted by Gasteiger charge is 2.27. The maximum Gasteiger partial charge on any atom is 0.317 e. The van der Waals surface area contributed by atoms with Crippen molar-refractivity contribution in [2.24, 2.45) is 5.92 Å². The molecule has 1 atom stereocenters. The van der Waals surface area contributed by atoms with Crippen molar-refractivity contribution in [2.45, 2.75) is 19.3 Å². The number of rotatable bonds is 4. The van der Waals surface area contributed by atoms with Gasteiger partial charge in [-0.3, -0.25) is 4.79 Å². The van der Waals surface area contributed by atoms with Gasteiger partial charge in [0.2, 0.25) is 0 Å². The number of nitrogens with zero attached hydrogens (tertiary/aromatic N) is 1. The van der Waals surface area contributed by atoms with Gasteiger partial charge in [-0.15, -0.1) is 0 Å². The molecule has 5 nitrogen and oxygen atoms in total. The lowest BCUT2D eigenvalue weighted by Gasteiger charge is -2.30. The van der Waals surface area contributed by atoms with Crippen molar-refractivity contribution in [3.63, 3.8) is 0 Å². The van der Waals surface area contributed by atoms with Gasteiger partial charge < -0.3 is 15.3 Å². The highest BCUT2D eigenvalue weighted by Crippen LogP contribution is 2.16. The average molecular weight is 282 g/mol. The summed E-state index contributed by atoms with van der Waals surface area (Å²) in [6.07, 6.45) is 2.23. The third-order valence-electron chi connectivity index (χ3n) is 3.33. The Kier molecular flexibility index (Phi) is 4.79. The first-order chi connectivity index (χ1) is 9.16. The van der Waals surface area contributed by atoms with Crippen LogP contribution in [0.3, 0.4) is 0 Å². The average Bonchev–Trinajstić information content (AvgIpc) is 2.92. The first-order valence-corrected chi connectivity index (χ1v) is 7.38. The molecule has 104 valence electrons. The number of urea groups is 1. The van der Waals surface area contributed by atoms with Crippen LogP contribution in [0.5, 0.6) is 0 Å². The quantitative estimate of drug-likeness (QED) is 0.884. The van der Waals surface area contributed by atoms with Crippen molar-refractivity contribution >= 4 is 23.3 Å². The number of carbonyl (C=O) groups is 2. The van der Waals surface area contributed by atoms with Gasteiger partial charge in [0.05, 0.1) is 5.92 Å². The molecule has 1 aliphatic rings. The normalized spacial score (nSPS) is 19.2. The molecule has 0 radical (unpaired) electrons. The Labute approximate surface area is 116 Å². The van der Waals surface area contributed by atoms with E-state index in [0.717, 1.165) is 12.8 Å². The van der Waals surface area contributed by atoms with Crippen LogP contribution in [0.25, 0.3) is 0 Å². The van der Waals surface area contributed by atoms with E-state index in [4.69, 9.17) is 5.11 Å². The molecule has 2 N–H and O–H groups in total. The van der Waals surface area contributed by atoms with Crippen molar-refractivity contribution in [3.05, 3.63) is 22.4 Å². The lowest BCUT2D eigenvalue weighted by Crippen LogP contribution is -2.47. The molecule has 1 aromatic rings. The lowest BCUT2D eigenvalue weighted by molar-refractivity contribution is -0.143. The molecule has 1 aromatic heterocycles. The van der Waals surface area contributed by atoms with Crippen LogP contribution in [0.2, 0.25) is 0 Å². The Bertz CT molecular complexity index is 433. The Balaban J connectivity index is 1.74. The largest absolute Gasteiger partial charge is 0.481 e. The molecule has 2 amide bonds. The molecule has 0 saturated carbocycles. The fourth-order valence-electron chi connectivity index (χ4n) is 2.22. The van der Waals surface area contributed by atoms with Gasteiger partial charge in [0, 0.05) is 19.6 Å². The molecule has 1 fully saturated rings. The third kappa shape index (κ3) is 3.96. The summed E-state index contributed by atoms with van der Waals surface area (Å²) in [5.41, 5.74) is 1.22. The van der Waals surface area contributed by atoms with Gasteiger partial charge in [-0.25, -0.2) is 4.79 Å². The Morgan fingerprint density at radius 3 is 3.05 bits per heavy atom. The second-order valence-electron chi connectivity index (χ2n) is 4.74. The zero-order chi connectivity index (χ0) is 13.7. The fraction of sp³-hybridized carbons (Fsp3) is 0.538. The number of nitrogens with one attached hydrogen (secondary N) is 1. The molecule has 2 rings (SSSR count). The predicted molar refractivity (Wildman–Crippen MR) is 73.4 cm³/mol. The molecule has 0 aliphatic carbocycles. The molecule has 2 heterocycles. The Morgan fingerprint density at radius 1 is 1.53 bits per heavy atom. The minimum atomic E-state index is -0.809. The topological polar surface area (TPSA) is 69.6 Å². The van der Waals surface area contributed by atoms with Crippen LogP contribution in [-0.4, -0.2) is 41.6 Å². The molecule has 0 aromatic carbocycles. The summed E-state index contributed by atoms with van der Waals surface area (Å²) in [4.78, 5) is 24.5. The van der Waals surface area contributed by atoms with E-state index < -0.39 is 11.9 Å². The van der Waals surface area contributed by atoms with Gasteiger partial charge in [-0.05, 0) is 41.7 Å². The number of thiophene rings is 1. The summed E-state index contributed by atoms with van der Waals surface area (Å²) >= 11 is 1.64. The number of carboxylic acids is 1. The first-order valence-electron chi connectivity index (χ1n) is 6.43. The van der Waals surface area contributed by atoms with Gasteiger partial charge in [0.15, 0.2) is 0 Å². The second kappa shape index (κ2) is 6.56. The number of likely N-dealkylation sites (tertiary alicyclic amines) is 1. The number of carbonyl (C=O) groups excluding carboxylic acids is 1. The Morgan fingerprint density at radius 2 is 2.37 bits per heavy atom. The van der Waals surface area contributed by atoms with Crippen LogP contribution in [0.4, 0.5) is 4.79 Å². The van der Waals surface area contributed by atoms with Crippen LogP contribution in [-0.2, 0) is 11.2 Å². The van der Waals surface area contributed by atoms with E-state index in [1.54, 1.807) is 16.2 Å². The molecule has 1 aliphatic heterocycles. The van der Waals surface area contributed by atoms with E-state index in [1.807, 2.05) is 11.4 Å². The van der Waals surface area contributed by atoms with Crippen LogP contribution in [0.15, 0.2) is 16.8 Å². The fourth-order valence-corrected chi connectivity index (χ4v) is 2.93. The molecule has 6 heteroatoms. The van der Waals surface area contributed by atoms with Crippen molar-refractivity contribution in [2.75, 3.05) is 19.6 Å². The molecule has 0 bridgehead atoms. The maximum atomic E-state index is 11.9. The van der Waals surface area contributed by atoms with Crippen molar-refractivity contribution in [3.8, 4) is 0 Å². The van der Waals surface area contributed by atoms with E-state index >= 15 is 0 Å². The second-order valence-corrected chi connectivity index (χ2v) is 5.52. The summed E-state index contributed by atoms with van der Waals surface area (Å²) in [7, 11) is 0. The number of aliphatic carboxylic acids is 1. The van der Waals surface area contributed by atoms with Crippen LogP contribution in [0, 0.1) is 5.92 Å². The highest BCUT2D eigenvalue weighted by molar-refractivity contribution is 7.07. The SMILES string of the molecule is O=C(O)[C@@H]1CCCN(C(=O)NCCc2ccsc2)C1. The number of hydrogen-bond donors (Lipinski definition) is 2. The molecule has 19 heavy (non-hydrogen) atoms. The van der Waals surface area contributed by atoms with Crippen molar-refractivity contribution < 1.29 is 14.7 Å². The predicted octanol–water partition coefficient (Wildman–Crippen LogP) is 1.80. The molecule has 0 spiro atoms. The van der Waals surface area contributed by atoms with E-state index in [2.05, 4.69) is 10.7 Å². The van der Waals surface area contributed by atoms with Gasteiger partial charge in [-0.1, -0.05) is 0 Å². The van der Waals surface area contributed by atoms with Gasteiger partial charge >= 0.3 is 12.0 Å². The number of carboxylic acid groups (broad SMARTS) is 1. The maximum absolute atomic E-state index is 11.9. The van der Waals surface area contributed by atoms with E-state index in [9.17, 15) is 9.59 Å². The third-order valence-corrected chi connectivity index (χ3v) is 4.06. The Hall–Kier alpha value is -1.56. The smallest absolute Gasteiger partial charge is 0.317 e. The summed E-state index contributed by atoms with van der Waals surface area (Å²) < 4.78 is 0. The number of hydrogen-bond acceptors (Lipinski definition) is 3. The van der Waals surface area contributed by atoms with Crippen molar-refractivity contribution in [1.29, 1.82) is 0 Å². The summed E-state index contributed by atoms with van der Waals surface area (Å²) in [6, 6.07) is 1.89. The van der Waals surface area contributed by atoms with E-state index in [-0.39, 0.29) is 6.03 Å². The molecular formula is C13H18N2O3S. The molecular weight excluding hydrogens is 264 g/mol. The minimum Gasteiger partial charge on any atom is -0.481 e. The number of piperidine rings is 1. The van der Waals surface area contributed by atoms with Crippen LogP contribution >= 0.6 is 11.3 Å². The van der Waals surface area contributed by atoms with Crippen molar-refractivity contribution in [1.82, 2.24) is 10.2 Å². The van der Waals surface area contributed by atoms with Gasteiger partial charge in [0.1, 0.15) is 0 Å². The molecule has 1 saturated heterocycles. The summed E-state index contributed by atoms with van der Waals surface area (Å²) in [5, 5.41) is 15.9. The summed E-state index contributed by atoms with van der Waals surface area (Å²) in [5.74, 6) is -1.23. The zero-order valence-corrected chi connectivity index (χ0v) is 11.5. The van der Waals surface area contributed by atoms with E-state index in [1.165, 1.54) is 5.56 Å².